The molecule has 29 heavy (non-hydrogen) atoms. The lowest BCUT2D eigenvalue weighted by Gasteiger charge is -2.25. The second-order valence-electron chi connectivity index (χ2n) is 8.39. The molecule has 2 aromatic rings. The molecule has 7 heteroatoms. The number of halogens is 1. The van der Waals surface area contributed by atoms with Crippen LogP contribution in [0.25, 0.3) is 5.65 Å². The van der Waals surface area contributed by atoms with E-state index in [1.54, 1.807) is 7.11 Å². The summed E-state index contributed by atoms with van der Waals surface area (Å²) in [5.41, 5.74) is 2.32. The molecule has 2 saturated heterocycles. The Morgan fingerprint density at radius 1 is 1.17 bits per heavy atom. The van der Waals surface area contributed by atoms with E-state index in [1.165, 1.54) is 19.3 Å². The van der Waals surface area contributed by atoms with Crippen LogP contribution in [-0.2, 0) is 11.3 Å². The van der Waals surface area contributed by atoms with Gasteiger partial charge in [0.2, 0.25) is 0 Å². The summed E-state index contributed by atoms with van der Waals surface area (Å²) in [6.45, 7) is 5.14. The Hall–Kier alpha value is -1.63. The standard InChI is InChI=1S/C22H31ClN4O2/c1-29-16-17-9-12-25(13-17)15-19-21(24-20-8-7-18(23)14-27(19)20)22(28)26-10-5-3-2-4-6-11-26/h7-8,14,17H,2-6,9-13,15-16H2,1H3/t17-/m0/s1. The number of carbonyl (C=O) groups excluding carboxylic acids is 1. The maximum Gasteiger partial charge on any atom is 0.274 e. The molecule has 2 aliphatic rings. The highest BCUT2D eigenvalue weighted by atomic mass is 35.5. The number of imidazole rings is 1. The summed E-state index contributed by atoms with van der Waals surface area (Å²) in [7, 11) is 1.76. The Balaban J connectivity index is 1.62. The third kappa shape index (κ3) is 4.76. The fraction of sp³-hybridized carbons (Fsp3) is 0.636. The number of hydrogen-bond donors (Lipinski definition) is 0. The average Bonchev–Trinajstić information content (AvgIpc) is 3.26. The molecule has 2 fully saturated rings. The van der Waals surface area contributed by atoms with Crippen LogP contribution >= 0.6 is 11.6 Å². The van der Waals surface area contributed by atoms with Gasteiger partial charge in [-0.15, -0.1) is 0 Å². The number of likely N-dealkylation sites (tertiary alicyclic amines) is 2. The van der Waals surface area contributed by atoms with Crippen molar-refractivity contribution >= 4 is 23.2 Å². The maximum atomic E-state index is 13.5. The Labute approximate surface area is 177 Å². The first-order chi connectivity index (χ1) is 14.2. The number of pyridine rings is 1. The van der Waals surface area contributed by atoms with Gasteiger partial charge in [0, 0.05) is 39.5 Å². The number of rotatable bonds is 5. The topological polar surface area (TPSA) is 50.1 Å². The molecule has 0 unspecified atom stereocenters. The summed E-state index contributed by atoms with van der Waals surface area (Å²) in [6.07, 6.45) is 8.83. The molecule has 4 heterocycles. The van der Waals surface area contributed by atoms with E-state index in [4.69, 9.17) is 21.3 Å². The van der Waals surface area contributed by atoms with Gasteiger partial charge in [0.1, 0.15) is 5.65 Å². The van der Waals surface area contributed by atoms with E-state index in [-0.39, 0.29) is 5.91 Å². The van der Waals surface area contributed by atoms with Crippen molar-refractivity contribution in [1.29, 1.82) is 0 Å². The van der Waals surface area contributed by atoms with Gasteiger partial charge < -0.3 is 14.0 Å². The predicted molar refractivity (Wildman–Crippen MR) is 114 cm³/mol. The van der Waals surface area contributed by atoms with Crippen LogP contribution in [0.5, 0.6) is 0 Å². The molecule has 1 amide bonds. The zero-order valence-corrected chi connectivity index (χ0v) is 18.0. The minimum atomic E-state index is 0.0642. The first-order valence-corrected chi connectivity index (χ1v) is 11.2. The quantitative estimate of drug-likeness (QED) is 0.739. The van der Waals surface area contributed by atoms with Crippen LogP contribution in [-0.4, -0.2) is 65.0 Å². The van der Waals surface area contributed by atoms with Gasteiger partial charge >= 0.3 is 0 Å². The molecule has 158 valence electrons. The van der Waals surface area contributed by atoms with Crippen molar-refractivity contribution in [2.45, 2.75) is 45.1 Å². The summed E-state index contributed by atoms with van der Waals surface area (Å²) >= 11 is 6.27. The van der Waals surface area contributed by atoms with Gasteiger partial charge in [0.05, 0.1) is 17.3 Å². The SMILES string of the molecule is COC[C@H]1CCN(Cc2c(C(=O)N3CCCCCCC3)nc3ccc(Cl)cn23)C1. The van der Waals surface area contributed by atoms with Gasteiger partial charge in [-0.3, -0.25) is 9.69 Å². The Kier molecular flexibility index (Phi) is 6.73. The number of carbonyl (C=O) groups is 1. The van der Waals surface area contributed by atoms with Crippen molar-refractivity contribution in [1.82, 2.24) is 19.2 Å². The Morgan fingerprint density at radius 3 is 2.69 bits per heavy atom. The van der Waals surface area contributed by atoms with Crippen LogP contribution < -0.4 is 0 Å². The number of aromatic nitrogens is 2. The van der Waals surface area contributed by atoms with Gasteiger partial charge in [-0.05, 0) is 43.9 Å². The average molecular weight is 419 g/mol. The first-order valence-electron chi connectivity index (χ1n) is 10.8. The third-order valence-electron chi connectivity index (χ3n) is 6.17. The lowest BCUT2D eigenvalue weighted by Crippen LogP contribution is -2.35. The molecule has 6 nitrogen and oxygen atoms in total. The minimum absolute atomic E-state index is 0.0642. The molecule has 2 aliphatic heterocycles. The zero-order valence-electron chi connectivity index (χ0n) is 17.3. The van der Waals surface area contributed by atoms with Crippen molar-refractivity contribution in [3.63, 3.8) is 0 Å². The zero-order chi connectivity index (χ0) is 20.2. The maximum absolute atomic E-state index is 13.5. The summed E-state index contributed by atoms with van der Waals surface area (Å²) in [4.78, 5) is 22.6. The van der Waals surface area contributed by atoms with Crippen LogP contribution in [0.2, 0.25) is 5.02 Å². The highest BCUT2D eigenvalue weighted by Crippen LogP contribution is 2.24. The number of nitrogens with zero attached hydrogens (tertiary/aromatic N) is 4. The van der Waals surface area contributed by atoms with Crippen LogP contribution in [0, 0.1) is 5.92 Å². The van der Waals surface area contributed by atoms with Crippen molar-refractivity contribution in [3.8, 4) is 0 Å². The molecule has 4 rings (SSSR count). The molecule has 0 aliphatic carbocycles. The molecular formula is C22H31ClN4O2. The van der Waals surface area contributed by atoms with Gasteiger partial charge in [-0.25, -0.2) is 4.98 Å². The summed E-state index contributed by atoms with van der Waals surface area (Å²) in [5.74, 6) is 0.616. The van der Waals surface area contributed by atoms with Gasteiger partial charge in [-0.2, -0.15) is 0 Å². The lowest BCUT2D eigenvalue weighted by molar-refractivity contribution is 0.0734. The highest BCUT2D eigenvalue weighted by Gasteiger charge is 2.28. The summed E-state index contributed by atoms with van der Waals surface area (Å²) in [5, 5.41) is 0.653. The van der Waals surface area contributed by atoms with E-state index in [1.807, 2.05) is 27.6 Å². The number of amides is 1. The highest BCUT2D eigenvalue weighted by molar-refractivity contribution is 6.30. The number of hydrogen-bond acceptors (Lipinski definition) is 4. The molecule has 2 aromatic heterocycles. The number of fused-ring (bicyclic) bond motifs is 1. The fourth-order valence-electron chi connectivity index (χ4n) is 4.63. The molecule has 0 spiro atoms. The van der Waals surface area contributed by atoms with Crippen LogP contribution in [0.1, 0.15) is 54.7 Å². The fourth-order valence-corrected chi connectivity index (χ4v) is 4.79. The van der Waals surface area contributed by atoms with E-state index >= 15 is 0 Å². The lowest BCUT2D eigenvalue weighted by atomic mass is 10.1. The number of ether oxygens (including phenoxy) is 1. The first kappa shape index (κ1) is 20.6. The van der Waals surface area contributed by atoms with Crippen molar-refractivity contribution in [3.05, 3.63) is 34.7 Å². The Bertz CT molecular complexity index is 845. The number of methoxy groups -OCH3 is 1. The Morgan fingerprint density at radius 2 is 1.93 bits per heavy atom. The smallest absolute Gasteiger partial charge is 0.274 e. The van der Waals surface area contributed by atoms with E-state index in [9.17, 15) is 4.79 Å². The third-order valence-corrected chi connectivity index (χ3v) is 6.40. The molecule has 0 N–H and O–H groups in total. The predicted octanol–water partition coefficient (Wildman–Crippen LogP) is 3.86. The molecule has 0 saturated carbocycles. The van der Waals surface area contributed by atoms with E-state index in [2.05, 4.69) is 4.90 Å². The van der Waals surface area contributed by atoms with Crippen molar-refractivity contribution < 1.29 is 9.53 Å². The monoisotopic (exact) mass is 418 g/mol. The molecule has 0 bridgehead atoms. The van der Waals surface area contributed by atoms with Crippen LogP contribution in [0.15, 0.2) is 18.3 Å². The minimum Gasteiger partial charge on any atom is -0.384 e. The molecule has 1 atom stereocenters. The van der Waals surface area contributed by atoms with Crippen LogP contribution in [0.3, 0.4) is 0 Å². The normalized spacial score (nSPS) is 21.4. The van der Waals surface area contributed by atoms with Gasteiger partial charge in [0.15, 0.2) is 5.69 Å². The second kappa shape index (κ2) is 9.45. The molecular weight excluding hydrogens is 388 g/mol. The van der Waals surface area contributed by atoms with E-state index in [0.29, 0.717) is 23.2 Å². The second-order valence-corrected chi connectivity index (χ2v) is 8.82. The van der Waals surface area contributed by atoms with Gasteiger partial charge in [-0.1, -0.05) is 30.9 Å². The van der Waals surface area contributed by atoms with Crippen molar-refractivity contribution in [2.75, 3.05) is 39.9 Å². The summed E-state index contributed by atoms with van der Waals surface area (Å²) < 4.78 is 7.34. The summed E-state index contributed by atoms with van der Waals surface area (Å²) in [6, 6.07) is 3.73. The molecule has 0 aromatic carbocycles. The largest absolute Gasteiger partial charge is 0.384 e. The van der Waals surface area contributed by atoms with E-state index in [0.717, 1.165) is 63.4 Å². The van der Waals surface area contributed by atoms with Crippen LogP contribution in [0.4, 0.5) is 0 Å². The van der Waals surface area contributed by atoms with E-state index < -0.39 is 0 Å². The van der Waals surface area contributed by atoms with Gasteiger partial charge in [0.25, 0.3) is 5.91 Å². The molecule has 0 radical (unpaired) electrons. The van der Waals surface area contributed by atoms with Crippen molar-refractivity contribution in [2.24, 2.45) is 5.92 Å².